The van der Waals surface area contributed by atoms with E-state index in [1.165, 1.54) is 32.4 Å². The quantitative estimate of drug-likeness (QED) is 0.643. The summed E-state index contributed by atoms with van der Waals surface area (Å²) in [5.74, 6) is 1.93. The molecule has 1 atom stereocenters. The van der Waals surface area contributed by atoms with Crippen molar-refractivity contribution in [1.29, 1.82) is 0 Å². The number of hydrogen-bond acceptors (Lipinski definition) is 2. The molecule has 1 aliphatic carbocycles. The highest BCUT2D eigenvalue weighted by atomic mass is 16.5. The zero-order valence-corrected chi connectivity index (χ0v) is 7.18. The fraction of sp³-hybridized carbons (Fsp3) is 1.00. The van der Waals surface area contributed by atoms with E-state index in [2.05, 4.69) is 5.32 Å². The van der Waals surface area contributed by atoms with E-state index in [0.29, 0.717) is 6.10 Å². The summed E-state index contributed by atoms with van der Waals surface area (Å²) in [5, 5.41) is 3.41. The molecule has 0 spiro atoms. The van der Waals surface area contributed by atoms with E-state index in [4.69, 9.17) is 4.74 Å². The number of rotatable bonds is 2. The Balaban J connectivity index is 1.73. The Bertz CT molecular complexity index is 126. The standard InChI is InChI=1S/C9H17NO/c1-11-9-4-8(5-9)7-2-3-10-6-7/h7-10H,2-6H2,1H3. The molecule has 1 heterocycles. The zero-order valence-electron chi connectivity index (χ0n) is 7.18. The maximum absolute atomic E-state index is 5.26. The molecule has 1 saturated heterocycles. The van der Waals surface area contributed by atoms with Gasteiger partial charge in [0.05, 0.1) is 6.10 Å². The summed E-state index contributed by atoms with van der Waals surface area (Å²) < 4.78 is 5.26. The smallest absolute Gasteiger partial charge is 0.0576 e. The normalized spacial score (nSPS) is 43.9. The minimum atomic E-state index is 0.584. The molecule has 0 radical (unpaired) electrons. The topological polar surface area (TPSA) is 21.3 Å². The number of methoxy groups -OCH3 is 1. The van der Waals surface area contributed by atoms with Gasteiger partial charge in [0.1, 0.15) is 0 Å². The van der Waals surface area contributed by atoms with Crippen LogP contribution in [0.1, 0.15) is 19.3 Å². The molecule has 0 bridgehead atoms. The van der Waals surface area contributed by atoms with E-state index in [1.807, 2.05) is 7.11 Å². The van der Waals surface area contributed by atoms with Gasteiger partial charge < -0.3 is 10.1 Å². The first kappa shape index (κ1) is 7.56. The van der Waals surface area contributed by atoms with Gasteiger partial charge in [-0.3, -0.25) is 0 Å². The van der Waals surface area contributed by atoms with Gasteiger partial charge in [-0.2, -0.15) is 0 Å². The van der Waals surface area contributed by atoms with Crippen LogP contribution in [-0.2, 0) is 4.74 Å². The Hall–Kier alpha value is -0.0800. The fourth-order valence-electron chi connectivity index (χ4n) is 2.26. The van der Waals surface area contributed by atoms with Crippen LogP contribution in [0.3, 0.4) is 0 Å². The number of nitrogens with one attached hydrogen (secondary N) is 1. The Morgan fingerprint density at radius 2 is 2.09 bits per heavy atom. The van der Waals surface area contributed by atoms with Crippen molar-refractivity contribution in [3.8, 4) is 0 Å². The van der Waals surface area contributed by atoms with Crippen molar-refractivity contribution < 1.29 is 4.74 Å². The second-order valence-electron chi connectivity index (χ2n) is 3.84. The van der Waals surface area contributed by atoms with Gasteiger partial charge in [0, 0.05) is 7.11 Å². The van der Waals surface area contributed by atoms with Gasteiger partial charge in [0.2, 0.25) is 0 Å². The maximum atomic E-state index is 5.26. The predicted octanol–water partition coefficient (Wildman–Crippen LogP) is 1.02. The van der Waals surface area contributed by atoms with Crippen LogP contribution in [0.25, 0.3) is 0 Å². The van der Waals surface area contributed by atoms with Crippen molar-refractivity contribution in [3.05, 3.63) is 0 Å². The Kier molecular flexibility index (Phi) is 2.14. The van der Waals surface area contributed by atoms with Crippen molar-refractivity contribution in [2.45, 2.75) is 25.4 Å². The van der Waals surface area contributed by atoms with Gasteiger partial charge in [0.15, 0.2) is 0 Å². The lowest BCUT2D eigenvalue weighted by Crippen LogP contribution is -2.36. The van der Waals surface area contributed by atoms with Gasteiger partial charge in [-0.1, -0.05) is 0 Å². The van der Waals surface area contributed by atoms with Crippen molar-refractivity contribution in [3.63, 3.8) is 0 Å². The van der Waals surface area contributed by atoms with E-state index >= 15 is 0 Å². The molecule has 1 aliphatic heterocycles. The molecule has 0 aromatic carbocycles. The predicted molar refractivity (Wildman–Crippen MR) is 44.5 cm³/mol. The number of ether oxygens (including phenoxy) is 1. The van der Waals surface area contributed by atoms with Crippen molar-refractivity contribution in [2.24, 2.45) is 11.8 Å². The van der Waals surface area contributed by atoms with E-state index in [0.717, 1.165) is 11.8 Å². The molecule has 11 heavy (non-hydrogen) atoms. The Morgan fingerprint density at radius 3 is 2.64 bits per heavy atom. The molecule has 0 amide bonds. The molecule has 64 valence electrons. The minimum Gasteiger partial charge on any atom is -0.381 e. The van der Waals surface area contributed by atoms with Gasteiger partial charge in [-0.25, -0.2) is 0 Å². The molecular formula is C9H17NO. The summed E-state index contributed by atoms with van der Waals surface area (Å²) in [5.41, 5.74) is 0. The second-order valence-corrected chi connectivity index (χ2v) is 3.84. The van der Waals surface area contributed by atoms with Crippen LogP contribution in [0, 0.1) is 11.8 Å². The lowest BCUT2D eigenvalue weighted by molar-refractivity contribution is -0.0171. The first-order chi connectivity index (χ1) is 5.40. The van der Waals surface area contributed by atoms with Gasteiger partial charge in [0.25, 0.3) is 0 Å². The molecule has 2 nitrogen and oxygen atoms in total. The average molecular weight is 155 g/mol. The SMILES string of the molecule is COC1CC(C2CCNC2)C1. The summed E-state index contributed by atoms with van der Waals surface area (Å²) in [6.45, 7) is 2.49. The molecule has 0 aromatic rings. The van der Waals surface area contributed by atoms with Gasteiger partial charge in [-0.05, 0) is 44.2 Å². The van der Waals surface area contributed by atoms with E-state index < -0.39 is 0 Å². The van der Waals surface area contributed by atoms with Crippen LogP contribution in [0.5, 0.6) is 0 Å². The van der Waals surface area contributed by atoms with Crippen LogP contribution in [0.15, 0.2) is 0 Å². The maximum Gasteiger partial charge on any atom is 0.0576 e. The van der Waals surface area contributed by atoms with Gasteiger partial charge in [-0.15, -0.1) is 0 Å². The lowest BCUT2D eigenvalue weighted by atomic mass is 9.73. The first-order valence-electron chi connectivity index (χ1n) is 4.63. The van der Waals surface area contributed by atoms with Crippen molar-refractivity contribution >= 4 is 0 Å². The largest absolute Gasteiger partial charge is 0.381 e. The van der Waals surface area contributed by atoms with Crippen LogP contribution < -0.4 is 5.32 Å². The highest BCUT2D eigenvalue weighted by Gasteiger charge is 2.35. The molecule has 2 fully saturated rings. The van der Waals surface area contributed by atoms with Crippen LogP contribution >= 0.6 is 0 Å². The molecule has 0 aromatic heterocycles. The molecule has 2 aliphatic rings. The fourth-order valence-corrected chi connectivity index (χ4v) is 2.26. The molecule has 1 unspecified atom stereocenters. The van der Waals surface area contributed by atoms with Crippen LogP contribution in [-0.4, -0.2) is 26.3 Å². The molecular weight excluding hydrogens is 138 g/mol. The average Bonchev–Trinajstić information content (AvgIpc) is 2.37. The second kappa shape index (κ2) is 3.11. The monoisotopic (exact) mass is 155 g/mol. The van der Waals surface area contributed by atoms with E-state index in [1.54, 1.807) is 0 Å². The molecule has 2 heteroatoms. The minimum absolute atomic E-state index is 0.584. The number of hydrogen-bond donors (Lipinski definition) is 1. The molecule has 1 N–H and O–H groups in total. The first-order valence-corrected chi connectivity index (χ1v) is 4.63. The molecule has 2 rings (SSSR count). The lowest BCUT2D eigenvalue weighted by Gasteiger charge is -2.37. The third kappa shape index (κ3) is 1.42. The van der Waals surface area contributed by atoms with Crippen LogP contribution in [0.2, 0.25) is 0 Å². The van der Waals surface area contributed by atoms with Crippen molar-refractivity contribution in [1.82, 2.24) is 5.32 Å². The highest BCUT2D eigenvalue weighted by molar-refractivity contribution is 4.88. The Labute approximate surface area is 68.3 Å². The van der Waals surface area contributed by atoms with Crippen molar-refractivity contribution in [2.75, 3.05) is 20.2 Å². The third-order valence-corrected chi connectivity index (χ3v) is 3.23. The third-order valence-electron chi connectivity index (χ3n) is 3.23. The van der Waals surface area contributed by atoms with Gasteiger partial charge >= 0.3 is 0 Å². The summed E-state index contributed by atoms with van der Waals surface area (Å²) in [7, 11) is 1.83. The summed E-state index contributed by atoms with van der Waals surface area (Å²) in [6, 6.07) is 0. The summed E-state index contributed by atoms with van der Waals surface area (Å²) in [4.78, 5) is 0. The highest BCUT2D eigenvalue weighted by Crippen LogP contribution is 2.37. The zero-order chi connectivity index (χ0) is 7.68. The van der Waals surface area contributed by atoms with E-state index in [-0.39, 0.29) is 0 Å². The van der Waals surface area contributed by atoms with Crippen LogP contribution in [0.4, 0.5) is 0 Å². The van der Waals surface area contributed by atoms with E-state index in [9.17, 15) is 0 Å². The summed E-state index contributed by atoms with van der Waals surface area (Å²) in [6.07, 6.45) is 4.59. The summed E-state index contributed by atoms with van der Waals surface area (Å²) >= 11 is 0. The Morgan fingerprint density at radius 1 is 1.27 bits per heavy atom. The molecule has 1 saturated carbocycles.